The van der Waals surface area contributed by atoms with Crippen molar-refractivity contribution in [1.82, 2.24) is 4.98 Å². The van der Waals surface area contributed by atoms with Gasteiger partial charge in [-0.3, -0.25) is 4.79 Å². The lowest BCUT2D eigenvalue weighted by Gasteiger charge is -2.37. The number of thioether (sulfide) groups is 1. The number of pyridine rings is 1. The number of carbonyl (C=O) groups is 1. The summed E-state index contributed by atoms with van der Waals surface area (Å²) in [5.41, 5.74) is 6.31. The number of aryl methyl sites for hydroxylation is 3. The summed E-state index contributed by atoms with van der Waals surface area (Å²) in [6, 6.07) is 10.2. The van der Waals surface area contributed by atoms with E-state index in [9.17, 15) is 10.1 Å². The van der Waals surface area contributed by atoms with Gasteiger partial charge in [0.15, 0.2) is 0 Å². The number of rotatable bonds is 6. The Kier molecular flexibility index (Phi) is 6.88. The Labute approximate surface area is 184 Å². The lowest BCUT2D eigenvalue weighted by Crippen LogP contribution is -2.29. The summed E-state index contributed by atoms with van der Waals surface area (Å²) < 4.78 is 0. The molecule has 1 atom stereocenters. The first kappa shape index (κ1) is 22.4. The van der Waals surface area contributed by atoms with Gasteiger partial charge in [-0.05, 0) is 79.3 Å². The van der Waals surface area contributed by atoms with Gasteiger partial charge in [-0.25, -0.2) is 4.98 Å². The Bertz CT molecular complexity index is 991. The van der Waals surface area contributed by atoms with Gasteiger partial charge in [-0.15, -0.1) is 0 Å². The second-order valence-corrected chi connectivity index (χ2v) is 9.94. The molecule has 0 spiro atoms. The second kappa shape index (κ2) is 9.22. The second-order valence-electron chi connectivity index (χ2n) is 8.98. The smallest absolute Gasteiger partial charge is 0.234 e. The van der Waals surface area contributed by atoms with Crippen molar-refractivity contribution in [3.63, 3.8) is 0 Å². The summed E-state index contributed by atoms with van der Waals surface area (Å²) in [6.45, 7) is 11.0. The molecular formula is C25H31N3OS. The molecule has 1 aliphatic carbocycles. The highest BCUT2D eigenvalue weighted by Gasteiger charge is 2.32. The van der Waals surface area contributed by atoms with Crippen LogP contribution in [0.4, 0.5) is 5.69 Å². The molecule has 3 rings (SSSR count). The van der Waals surface area contributed by atoms with Crippen LogP contribution in [0, 0.1) is 36.5 Å². The van der Waals surface area contributed by atoms with E-state index < -0.39 is 0 Å². The average Bonchev–Trinajstić information content (AvgIpc) is 2.73. The van der Waals surface area contributed by atoms with Crippen LogP contribution in [-0.4, -0.2) is 16.6 Å². The Balaban J connectivity index is 1.69. The molecule has 0 bridgehead atoms. The monoisotopic (exact) mass is 421 g/mol. The fraction of sp³-hybridized carbons (Fsp3) is 0.480. The van der Waals surface area contributed by atoms with E-state index in [0.717, 1.165) is 42.6 Å². The Morgan fingerprint density at radius 2 is 2.07 bits per heavy atom. The van der Waals surface area contributed by atoms with Crippen molar-refractivity contribution >= 4 is 23.4 Å². The van der Waals surface area contributed by atoms with E-state index >= 15 is 0 Å². The Morgan fingerprint density at radius 1 is 1.30 bits per heavy atom. The minimum absolute atomic E-state index is 0.0866. The number of benzene rings is 1. The topological polar surface area (TPSA) is 65.8 Å². The number of hydrogen-bond acceptors (Lipinski definition) is 4. The number of hydrogen-bond donors (Lipinski definition) is 1. The first-order valence-electron chi connectivity index (χ1n) is 10.7. The van der Waals surface area contributed by atoms with Crippen LogP contribution in [0.25, 0.3) is 0 Å². The number of nitrogens with zero attached hydrogens (tertiary/aromatic N) is 2. The van der Waals surface area contributed by atoms with Gasteiger partial charge in [-0.2, -0.15) is 5.26 Å². The molecule has 0 saturated heterocycles. The van der Waals surface area contributed by atoms with E-state index in [1.54, 1.807) is 0 Å². The molecule has 1 aromatic carbocycles. The normalized spacial score (nSPS) is 15.9. The van der Waals surface area contributed by atoms with E-state index in [2.05, 4.69) is 32.2 Å². The summed E-state index contributed by atoms with van der Waals surface area (Å²) in [7, 11) is 0. The zero-order valence-corrected chi connectivity index (χ0v) is 19.4. The summed E-state index contributed by atoms with van der Waals surface area (Å²) in [5.74, 6) is 0.765. The Hall–Kier alpha value is -2.32. The third-order valence-electron chi connectivity index (χ3n) is 6.62. The number of anilines is 1. The van der Waals surface area contributed by atoms with Gasteiger partial charge < -0.3 is 5.32 Å². The predicted octanol–water partition coefficient (Wildman–Crippen LogP) is 5.84. The lowest BCUT2D eigenvalue weighted by atomic mass is 9.69. The zero-order valence-electron chi connectivity index (χ0n) is 18.6. The number of nitriles is 1. The Morgan fingerprint density at radius 3 is 2.73 bits per heavy atom. The fourth-order valence-corrected chi connectivity index (χ4v) is 4.72. The molecule has 1 amide bonds. The van der Waals surface area contributed by atoms with Gasteiger partial charge in [-0.1, -0.05) is 45.0 Å². The van der Waals surface area contributed by atoms with Crippen molar-refractivity contribution in [3.8, 4) is 6.07 Å². The molecule has 1 aliphatic rings. The van der Waals surface area contributed by atoms with E-state index in [1.165, 1.54) is 22.9 Å². The van der Waals surface area contributed by atoms with Crippen molar-refractivity contribution in [2.75, 3.05) is 11.1 Å². The standard InChI is InChI=1S/C25H31N3OS/c1-6-25(4,5)20-8-10-22-18(13-20)12-19(14-26)24(28-22)30-15-23(29)27-21-9-7-16(2)17(3)11-21/h7,9,11-12,20H,6,8,10,13,15H2,1-5H3,(H,27,29). The number of amides is 1. The van der Waals surface area contributed by atoms with Gasteiger partial charge in [0.2, 0.25) is 5.91 Å². The van der Waals surface area contributed by atoms with Crippen molar-refractivity contribution in [3.05, 3.63) is 52.2 Å². The average molecular weight is 422 g/mol. The highest BCUT2D eigenvalue weighted by molar-refractivity contribution is 8.00. The van der Waals surface area contributed by atoms with Crippen LogP contribution in [0.3, 0.4) is 0 Å². The van der Waals surface area contributed by atoms with Crippen LogP contribution >= 0.6 is 11.8 Å². The lowest BCUT2D eigenvalue weighted by molar-refractivity contribution is -0.113. The largest absolute Gasteiger partial charge is 0.325 e. The molecule has 0 radical (unpaired) electrons. The van der Waals surface area contributed by atoms with Crippen molar-refractivity contribution < 1.29 is 4.79 Å². The molecule has 1 aromatic heterocycles. The third-order valence-corrected chi connectivity index (χ3v) is 7.61. The summed E-state index contributed by atoms with van der Waals surface area (Å²) in [6.07, 6.45) is 4.20. The maximum absolute atomic E-state index is 12.4. The highest BCUT2D eigenvalue weighted by atomic mass is 32.2. The van der Waals surface area contributed by atoms with Crippen LogP contribution < -0.4 is 5.32 Å². The van der Waals surface area contributed by atoms with E-state index in [4.69, 9.17) is 4.98 Å². The maximum atomic E-state index is 12.4. The minimum atomic E-state index is -0.0866. The summed E-state index contributed by atoms with van der Waals surface area (Å²) in [5, 5.41) is 13.2. The van der Waals surface area contributed by atoms with Crippen molar-refractivity contribution in [1.29, 1.82) is 5.26 Å². The molecule has 158 valence electrons. The first-order valence-corrected chi connectivity index (χ1v) is 11.6. The van der Waals surface area contributed by atoms with Crippen LogP contribution in [0.15, 0.2) is 29.3 Å². The van der Waals surface area contributed by atoms with Gasteiger partial charge in [0.25, 0.3) is 0 Å². The number of carbonyl (C=O) groups excluding carboxylic acids is 1. The van der Waals surface area contributed by atoms with Gasteiger partial charge in [0.05, 0.1) is 11.3 Å². The third kappa shape index (κ3) is 5.05. The fourth-order valence-electron chi connectivity index (χ4n) is 3.94. The van der Waals surface area contributed by atoms with E-state index in [0.29, 0.717) is 21.9 Å². The molecule has 5 heteroatoms. The summed E-state index contributed by atoms with van der Waals surface area (Å²) >= 11 is 1.34. The van der Waals surface area contributed by atoms with Crippen LogP contribution in [0.2, 0.25) is 0 Å². The van der Waals surface area contributed by atoms with Crippen LogP contribution in [0.5, 0.6) is 0 Å². The zero-order chi connectivity index (χ0) is 21.9. The van der Waals surface area contributed by atoms with E-state index in [1.807, 2.05) is 38.1 Å². The van der Waals surface area contributed by atoms with Gasteiger partial charge in [0, 0.05) is 11.4 Å². The molecule has 0 aliphatic heterocycles. The molecule has 0 saturated carbocycles. The molecule has 1 unspecified atom stereocenters. The maximum Gasteiger partial charge on any atom is 0.234 e. The quantitative estimate of drug-likeness (QED) is 0.595. The minimum Gasteiger partial charge on any atom is -0.325 e. The number of fused-ring (bicyclic) bond motifs is 1. The van der Waals surface area contributed by atoms with Crippen molar-refractivity contribution in [2.45, 2.75) is 65.3 Å². The molecule has 4 nitrogen and oxygen atoms in total. The molecule has 0 fully saturated rings. The van der Waals surface area contributed by atoms with Crippen LogP contribution in [-0.2, 0) is 17.6 Å². The van der Waals surface area contributed by atoms with Gasteiger partial charge >= 0.3 is 0 Å². The van der Waals surface area contributed by atoms with Crippen LogP contribution in [0.1, 0.15) is 61.6 Å². The number of aromatic nitrogens is 1. The van der Waals surface area contributed by atoms with E-state index in [-0.39, 0.29) is 11.7 Å². The molecule has 30 heavy (non-hydrogen) atoms. The molecule has 1 heterocycles. The van der Waals surface area contributed by atoms with Gasteiger partial charge in [0.1, 0.15) is 11.1 Å². The molecule has 1 N–H and O–H groups in total. The SMILES string of the molecule is CCC(C)(C)C1CCc2nc(SCC(=O)Nc3ccc(C)c(C)c3)c(C#N)cc2C1. The summed E-state index contributed by atoms with van der Waals surface area (Å²) in [4.78, 5) is 17.2. The predicted molar refractivity (Wildman–Crippen MR) is 124 cm³/mol. The number of nitrogens with one attached hydrogen (secondary N) is 1. The highest BCUT2D eigenvalue weighted by Crippen LogP contribution is 2.40. The molecular weight excluding hydrogens is 390 g/mol. The first-order chi connectivity index (χ1) is 14.2. The molecule has 2 aromatic rings. The van der Waals surface area contributed by atoms with Crippen molar-refractivity contribution in [2.24, 2.45) is 11.3 Å².